The fraction of sp³-hybridized carbons (Fsp3) is 0.500. The molecule has 0 amide bonds. The maximum Gasteiger partial charge on any atom is 0.358 e. The molecule has 0 radical (unpaired) electrons. The van der Waals surface area contributed by atoms with Gasteiger partial charge in [-0.15, -0.1) is 0 Å². The normalized spacial score (nSPS) is 12.9. The number of carbonyl (C=O) groups is 2. The van der Waals surface area contributed by atoms with E-state index in [9.17, 15) is 14.7 Å². The summed E-state index contributed by atoms with van der Waals surface area (Å²) in [5.74, 6) is -1.58. The van der Waals surface area contributed by atoms with Crippen molar-refractivity contribution in [1.82, 2.24) is 4.90 Å². The molecular formula is C14H22N2O5. The van der Waals surface area contributed by atoms with Crippen LogP contribution in [0.5, 0.6) is 0 Å². The van der Waals surface area contributed by atoms with Gasteiger partial charge in [-0.25, -0.2) is 14.6 Å². The Balaban J connectivity index is 5.35. The fourth-order valence-electron chi connectivity index (χ4n) is 1.23. The molecule has 0 saturated carbocycles. The lowest BCUT2D eigenvalue weighted by atomic mass is 10.2. The van der Waals surface area contributed by atoms with Gasteiger partial charge in [0.05, 0.1) is 13.2 Å². The van der Waals surface area contributed by atoms with Gasteiger partial charge < -0.3 is 19.5 Å². The topological polar surface area (TPSA) is 88.4 Å². The van der Waals surface area contributed by atoms with Gasteiger partial charge in [-0.05, 0) is 20.8 Å². The van der Waals surface area contributed by atoms with E-state index in [0.717, 1.165) is 6.21 Å². The van der Waals surface area contributed by atoms with Crippen LogP contribution in [0.2, 0.25) is 0 Å². The van der Waals surface area contributed by atoms with Gasteiger partial charge in [0, 0.05) is 26.5 Å². The highest BCUT2D eigenvalue weighted by Gasteiger charge is 2.14. The zero-order valence-corrected chi connectivity index (χ0v) is 13.0. The van der Waals surface area contributed by atoms with Crippen molar-refractivity contribution < 1.29 is 24.2 Å². The number of hydrogen-bond donors (Lipinski definition) is 1. The van der Waals surface area contributed by atoms with Crippen molar-refractivity contribution in [2.75, 3.05) is 27.3 Å². The molecule has 0 aromatic heterocycles. The van der Waals surface area contributed by atoms with Crippen LogP contribution in [0.15, 0.2) is 28.2 Å². The molecule has 0 aliphatic rings. The maximum atomic E-state index is 11.7. The van der Waals surface area contributed by atoms with E-state index in [4.69, 9.17) is 9.47 Å². The van der Waals surface area contributed by atoms with Crippen LogP contribution in [0.3, 0.4) is 0 Å². The lowest BCUT2D eigenvalue weighted by Gasteiger charge is -2.08. The first kappa shape index (κ1) is 18.7. The van der Waals surface area contributed by atoms with Crippen LogP contribution in [0.1, 0.15) is 20.8 Å². The summed E-state index contributed by atoms with van der Waals surface area (Å²) in [7, 11) is 3.43. The summed E-state index contributed by atoms with van der Waals surface area (Å²) in [5, 5.41) is 9.49. The van der Waals surface area contributed by atoms with Gasteiger partial charge >= 0.3 is 11.9 Å². The highest BCUT2D eigenvalue weighted by atomic mass is 16.5. The molecule has 0 saturated heterocycles. The number of hydrogen-bond acceptors (Lipinski definition) is 7. The van der Waals surface area contributed by atoms with Crippen LogP contribution in [-0.4, -0.2) is 55.5 Å². The SMILES string of the molecule is CCOC(=O)C(=CN(C)C)N=C/C(C(=O)OCC)=C(\C)O. The molecule has 0 aliphatic heterocycles. The van der Waals surface area contributed by atoms with Crippen molar-refractivity contribution in [3.8, 4) is 0 Å². The van der Waals surface area contributed by atoms with Crippen LogP contribution in [0, 0.1) is 0 Å². The minimum absolute atomic E-state index is 0.00454. The number of allylic oxidation sites excluding steroid dienone is 1. The zero-order valence-electron chi connectivity index (χ0n) is 13.0. The fourth-order valence-corrected chi connectivity index (χ4v) is 1.23. The smallest absolute Gasteiger partial charge is 0.358 e. The molecule has 21 heavy (non-hydrogen) atoms. The molecule has 0 aromatic carbocycles. The molecule has 7 nitrogen and oxygen atoms in total. The Morgan fingerprint density at radius 2 is 1.67 bits per heavy atom. The van der Waals surface area contributed by atoms with E-state index >= 15 is 0 Å². The molecule has 0 heterocycles. The summed E-state index contributed by atoms with van der Waals surface area (Å²) in [5.41, 5.74) is -0.115. The van der Waals surface area contributed by atoms with Gasteiger partial charge in [0.1, 0.15) is 11.3 Å². The van der Waals surface area contributed by atoms with Gasteiger partial charge in [-0.3, -0.25) is 0 Å². The Morgan fingerprint density at radius 1 is 1.14 bits per heavy atom. The highest BCUT2D eigenvalue weighted by Crippen LogP contribution is 2.06. The lowest BCUT2D eigenvalue weighted by molar-refractivity contribution is -0.139. The van der Waals surface area contributed by atoms with Crippen molar-refractivity contribution in [2.45, 2.75) is 20.8 Å². The minimum Gasteiger partial charge on any atom is -0.512 e. The molecule has 118 valence electrons. The summed E-state index contributed by atoms with van der Waals surface area (Å²) in [6.45, 7) is 5.03. The largest absolute Gasteiger partial charge is 0.512 e. The standard InChI is InChI=1S/C14H22N2O5/c1-6-20-13(18)11(10(3)17)8-15-12(9-16(4)5)14(19)21-7-2/h8-9,17H,6-7H2,1-5H3/b11-10-,12-9?,15-8?. The molecule has 0 aromatic rings. The van der Waals surface area contributed by atoms with Gasteiger partial charge in [-0.2, -0.15) is 0 Å². The van der Waals surface area contributed by atoms with E-state index in [1.54, 1.807) is 32.8 Å². The number of aliphatic hydroxyl groups is 1. The van der Waals surface area contributed by atoms with Crippen LogP contribution < -0.4 is 0 Å². The first-order chi connectivity index (χ1) is 9.83. The third kappa shape index (κ3) is 7.14. The number of aliphatic imine (C=N–C) groups is 1. The molecule has 1 N–H and O–H groups in total. The van der Waals surface area contributed by atoms with E-state index in [1.165, 1.54) is 13.1 Å². The first-order valence-corrected chi connectivity index (χ1v) is 6.49. The second-order valence-corrected chi connectivity index (χ2v) is 4.18. The molecule has 0 unspecified atom stereocenters. The van der Waals surface area contributed by atoms with Gasteiger partial charge in [-0.1, -0.05) is 0 Å². The van der Waals surface area contributed by atoms with Gasteiger partial charge in [0.15, 0.2) is 5.70 Å². The molecule has 7 heteroatoms. The predicted octanol–water partition coefficient (Wildman–Crippen LogP) is 1.42. The van der Waals surface area contributed by atoms with Gasteiger partial charge in [0.2, 0.25) is 0 Å². The number of aliphatic hydroxyl groups excluding tert-OH is 1. The predicted molar refractivity (Wildman–Crippen MR) is 78.9 cm³/mol. The van der Waals surface area contributed by atoms with Gasteiger partial charge in [0.25, 0.3) is 0 Å². The van der Waals surface area contributed by atoms with Crippen molar-refractivity contribution in [2.24, 2.45) is 4.99 Å². The number of ether oxygens (including phenoxy) is 2. The van der Waals surface area contributed by atoms with E-state index < -0.39 is 11.9 Å². The summed E-state index contributed by atoms with van der Waals surface area (Å²) in [6, 6.07) is 0. The highest BCUT2D eigenvalue weighted by molar-refractivity contribution is 6.10. The summed E-state index contributed by atoms with van der Waals surface area (Å²) in [6.07, 6.45) is 2.53. The molecule has 0 fully saturated rings. The molecular weight excluding hydrogens is 276 g/mol. The number of rotatable bonds is 7. The Labute approximate surface area is 124 Å². The Hall–Kier alpha value is -2.31. The summed E-state index contributed by atoms with van der Waals surface area (Å²) >= 11 is 0. The van der Waals surface area contributed by atoms with E-state index in [0.29, 0.717) is 0 Å². The quantitative estimate of drug-likeness (QED) is 0.331. The Kier molecular flexibility index (Phi) is 8.52. The monoisotopic (exact) mass is 298 g/mol. The lowest BCUT2D eigenvalue weighted by Crippen LogP contribution is -2.14. The zero-order chi connectivity index (χ0) is 16.4. The number of carbonyl (C=O) groups excluding carboxylic acids is 2. The van der Waals surface area contributed by atoms with Crippen LogP contribution >= 0.6 is 0 Å². The average molecular weight is 298 g/mol. The van der Waals surface area contributed by atoms with Crippen molar-refractivity contribution in [3.05, 3.63) is 23.2 Å². The molecule has 0 rings (SSSR count). The van der Waals surface area contributed by atoms with Crippen LogP contribution in [-0.2, 0) is 19.1 Å². The average Bonchev–Trinajstić information content (AvgIpc) is 2.37. The van der Waals surface area contributed by atoms with Crippen molar-refractivity contribution in [1.29, 1.82) is 0 Å². The second kappa shape index (κ2) is 9.57. The molecule has 0 spiro atoms. The maximum absolute atomic E-state index is 11.7. The van der Waals surface area contributed by atoms with E-state index in [2.05, 4.69) is 4.99 Å². The minimum atomic E-state index is -0.714. The Morgan fingerprint density at radius 3 is 2.10 bits per heavy atom. The Bertz CT molecular complexity index is 460. The summed E-state index contributed by atoms with van der Waals surface area (Å²) in [4.78, 5) is 28.9. The third-order valence-corrected chi connectivity index (χ3v) is 2.08. The van der Waals surface area contributed by atoms with E-state index in [1.807, 2.05) is 0 Å². The second-order valence-electron chi connectivity index (χ2n) is 4.18. The van der Waals surface area contributed by atoms with Crippen molar-refractivity contribution >= 4 is 18.2 Å². The first-order valence-electron chi connectivity index (χ1n) is 6.49. The number of esters is 2. The van der Waals surface area contributed by atoms with Crippen LogP contribution in [0.25, 0.3) is 0 Å². The number of nitrogens with zero attached hydrogens (tertiary/aromatic N) is 2. The molecule has 0 atom stereocenters. The van der Waals surface area contributed by atoms with E-state index in [-0.39, 0.29) is 30.2 Å². The third-order valence-electron chi connectivity index (χ3n) is 2.08. The molecule has 0 aliphatic carbocycles. The van der Waals surface area contributed by atoms with Crippen molar-refractivity contribution in [3.63, 3.8) is 0 Å². The van der Waals surface area contributed by atoms with Crippen LogP contribution in [0.4, 0.5) is 0 Å². The summed E-state index contributed by atoms with van der Waals surface area (Å²) < 4.78 is 9.66. The molecule has 0 bridgehead atoms.